The number of alkyl halides is 3. The largest absolute Gasteiger partial charge is 0.497 e. The number of ether oxygens (including phenoxy) is 2. The molecule has 0 fully saturated rings. The number of aliphatic imine (C=N–C) groups is 1. The molecule has 0 bridgehead atoms. The van der Waals surface area contributed by atoms with Crippen LogP contribution >= 0.6 is 0 Å². The van der Waals surface area contributed by atoms with Gasteiger partial charge in [0.2, 0.25) is 0 Å². The van der Waals surface area contributed by atoms with Crippen LogP contribution in [0.4, 0.5) is 30.4 Å². The highest BCUT2D eigenvalue weighted by Gasteiger charge is 2.40. The molecule has 0 aliphatic rings. The van der Waals surface area contributed by atoms with Crippen molar-refractivity contribution in [1.82, 2.24) is 14.8 Å². The second kappa shape index (κ2) is 10.6. The lowest BCUT2D eigenvalue weighted by atomic mass is 10.2. The van der Waals surface area contributed by atoms with Crippen molar-refractivity contribution < 1.29 is 27.8 Å². The molecule has 0 aliphatic carbocycles. The van der Waals surface area contributed by atoms with Gasteiger partial charge >= 0.3 is 6.18 Å². The Morgan fingerprint density at radius 3 is 2.40 bits per heavy atom. The summed E-state index contributed by atoms with van der Waals surface area (Å²) in [4.78, 5) is 10.1. The van der Waals surface area contributed by atoms with Crippen LogP contribution in [0.25, 0.3) is 5.57 Å². The predicted molar refractivity (Wildman–Crippen MR) is 128 cm³/mol. The van der Waals surface area contributed by atoms with Crippen LogP contribution in [0.2, 0.25) is 0 Å². The number of nitrogens with zero attached hydrogens (tertiary/aromatic N) is 5. The van der Waals surface area contributed by atoms with Crippen LogP contribution in [0.5, 0.6) is 11.5 Å². The van der Waals surface area contributed by atoms with Crippen molar-refractivity contribution in [3.8, 4) is 11.5 Å². The zero-order chi connectivity index (χ0) is 25.8. The van der Waals surface area contributed by atoms with Crippen molar-refractivity contribution in [2.45, 2.75) is 19.2 Å². The number of hydrogen-bond donors (Lipinski definition) is 1. The number of pyridine rings is 1. The van der Waals surface area contributed by atoms with Crippen molar-refractivity contribution >= 4 is 29.0 Å². The Labute approximate surface area is 201 Å². The molecule has 0 aliphatic heterocycles. The van der Waals surface area contributed by atoms with Crippen LogP contribution in [0, 0.1) is 6.92 Å². The lowest BCUT2D eigenvalue weighted by Crippen LogP contribution is -2.39. The molecular formula is C24H26F3N5O3. The van der Waals surface area contributed by atoms with Gasteiger partial charge in [0, 0.05) is 48.9 Å². The first-order valence-electron chi connectivity index (χ1n) is 10.5. The first kappa shape index (κ1) is 25.8. The van der Waals surface area contributed by atoms with Crippen LogP contribution in [-0.2, 0) is 7.05 Å². The van der Waals surface area contributed by atoms with E-state index in [0.717, 1.165) is 5.56 Å². The fourth-order valence-corrected chi connectivity index (χ4v) is 3.19. The van der Waals surface area contributed by atoms with Gasteiger partial charge in [0.05, 0.1) is 38.3 Å². The molecule has 35 heavy (non-hydrogen) atoms. The third kappa shape index (κ3) is 6.38. The first-order valence-corrected chi connectivity index (χ1v) is 10.5. The van der Waals surface area contributed by atoms with Crippen LogP contribution in [0.15, 0.2) is 54.3 Å². The molecule has 3 aromatic rings. The Hall–Kier alpha value is -3.86. The molecule has 1 N–H and O–H groups in total. The number of benzene rings is 1. The molecule has 11 heteroatoms. The van der Waals surface area contributed by atoms with Gasteiger partial charge in [-0.1, -0.05) is 6.58 Å². The van der Waals surface area contributed by atoms with E-state index in [1.165, 1.54) is 37.3 Å². The van der Waals surface area contributed by atoms with Gasteiger partial charge in [-0.3, -0.25) is 9.67 Å². The monoisotopic (exact) mass is 489 g/mol. The minimum atomic E-state index is -4.81. The molecule has 186 valence electrons. The third-order valence-electron chi connectivity index (χ3n) is 5.14. The second-order valence-electron chi connectivity index (χ2n) is 7.70. The molecule has 0 amide bonds. The van der Waals surface area contributed by atoms with E-state index in [2.05, 4.69) is 21.7 Å². The van der Waals surface area contributed by atoms with Crippen LogP contribution in [0.1, 0.15) is 11.3 Å². The zero-order valence-corrected chi connectivity index (χ0v) is 19.7. The van der Waals surface area contributed by atoms with E-state index in [1.807, 2.05) is 0 Å². The molecule has 3 rings (SSSR count). The summed E-state index contributed by atoms with van der Waals surface area (Å²) in [6, 6.07) is 7.82. The number of allylic oxidation sites excluding steroid dienone is 1. The van der Waals surface area contributed by atoms with Crippen LogP contribution in [-0.4, -0.2) is 59.1 Å². The van der Waals surface area contributed by atoms with Crippen molar-refractivity contribution in [3.05, 3.63) is 60.6 Å². The van der Waals surface area contributed by atoms with Gasteiger partial charge in [0.1, 0.15) is 17.3 Å². The number of aryl methyl sites for hydroxylation is 2. The summed E-state index contributed by atoms with van der Waals surface area (Å²) in [6.45, 7) is 4.87. The Morgan fingerprint density at radius 2 is 1.89 bits per heavy atom. The molecule has 1 aromatic carbocycles. The molecule has 1 atom stereocenters. The smallest absolute Gasteiger partial charge is 0.416 e. The van der Waals surface area contributed by atoms with Gasteiger partial charge in [0.15, 0.2) is 6.10 Å². The second-order valence-corrected chi connectivity index (χ2v) is 7.70. The van der Waals surface area contributed by atoms with Crippen molar-refractivity contribution in [2.24, 2.45) is 12.0 Å². The zero-order valence-electron chi connectivity index (χ0n) is 19.7. The molecule has 0 saturated heterocycles. The lowest BCUT2D eigenvalue weighted by Gasteiger charge is -2.28. The van der Waals surface area contributed by atoms with Gasteiger partial charge < -0.3 is 19.5 Å². The number of methoxy groups -OCH3 is 2. The maximum Gasteiger partial charge on any atom is 0.416 e. The average Bonchev–Trinajstić information content (AvgIpc) is 3.26. The summed E-state index contributed by atoms with van der Waals surface area (Å²) < 4.78 is 51.8. The van der Waals surface area contributed by atoms with Gasteiger partial charge in [-0.15, -0.1) is 0 Å². The highest BCUT2D eigenvalue weighted by Crippen LogP contribution is 2.35. The number of aliphatic hydroxyl groups excluding tert-OH is 1. The van der Waals surface area contributed by atoms with E-state index in [9.17, 15) is 18.3 Å². The Morgan fingerprint density at radius 1 is 1.23 bits per heavy atom. The lowest BCUT2D eigenvalue weighted by molar-refractivity contribution is -0.199. The number of halogens is 3. The highest BCUT2D eigenvalue weighted by molar-refractivity contribution is 6.09. The average molecular weight is 489 g/mol. The number of aliphatic hydroxyl groups is 1. The summed E-state index contributed by atoms with van der Waals surface area (Å²) in [5.74, 6) is 0.932. The van der Waals surface area contributed by atoms with Gasteiger partial charge in [-0.2, -0.15) is 18.3 Å². The summed E-state index contributed by atoms with van der Waals surface area (Å²) in [7, 11) is 4.66. The Kier molecular flexibility index (Phi) is 7.80. The molecule has 8 nitrogen and oxygen atoms in total. The Balaban J connectivity index is 1.96. The molecule has 0 spiro atoms. The number of aromatic nitrogens is 3. The van der Waals surface area contributed by atoms with Crippen LogP contribution < -0.4 is 14.4 Å². The summed E-state index contributed by atoms with van der Waals surface area (Å²) >= 11 is 0. The fraction of sp³-hybridized carbons (Fsp3) is 0.292. The van der Waals surface area contributed by atoms with E-state index in [1.54, 1.807) is 49.4 Å². The highest BCUT2D eigenvalue weighted by atomic mass is 19.4. The molecule has 2 heterocycles. The minimum absolute atomic E-state index is 0.186. The molecular weight excluding hydrogens is 463 g/mol. The van der Waals surface area contributed by atoms with E-state index in [4.69, 9.17) is 9.47 Å². The standard InChI is InChI=1S/C24H26F3N5O3/c1-15(17-12-29-31(3)13-17)11-28-21-6-7-23(30-16(21)2)32(14-22(33)24(25,26)27)18-8-19(34-4)10-20(9-18)35-5/h6-13,22,33H,1,14H2,2-5H3/b28-11-. The Bertz CT molecular complexity index is 1200. The number of anilines is 2. The quantitative estimate of drug-likeness (QED) is 0.442. The maximum absolute atomic E-state index is 13.2. The third-order valence-corrected chi connectivity index (χ3v) is 5.14. The van der Waals surface area contributed by atoms with Crippen molar-refractivity contribution in [1.29, 1.82) is 0 Å². The van der Waals surface area contributed by atoms with Crippen molar-refractivity contribution in [2.75, 3.05) is 25.7 Å². The summed E-state index contributed by atoms with van der Waals surface area (Å²) in [5, 5.41) is 13.9. The first-order chi connectivity index (χ1) is 16.5. The normalized spacial score (nSPS) is 12.6. The van der Waals surface area contributed by atoms with E-state index in [0.29, 0.717) is 34.1 Å². The molecule has 0 radical (unpaired) electrons. The van der Waals surface area contributed by atoms with E-state index >= 15 is 0 Å². The summed E-state index contributed by atoms with van der Waals surface area (Å²) in [6.07, 6.45) is -2.39. The van der Waals surface area contributed by atoms with Crippen molar-refractivity contribution in [3.63, 3.8) is 0 Å². The maximum atomic E-state index is 13.2. The molecule has 0 saturated carbocycles. The van der Waals surface area contributed by atoms with Crippen LogP contribution in [0.3, 0.4) is 0 Å². The minimum Gasteiger partial charge on any atom is -0.497 e. The van der Waals surface area contributed by atoms with Gasteiger partial charge in [0.25, 0.3) is 0 Å². The fourth-order valence-electron chi connectivity index (χ4n) is 3.19. The molecule has 2 aromatic heterocycles. The van der Waals surface area contributed by atoms with E-state index < -0.39 is 18.8 Å². The SMILES string of the molecule is C=C(/C=N\c1ccc(N(CC(O)C(F)(F)F)c2cc(OC)cc(OC)c2)nc1C)c1cnn(C)c1. The number of rotatable bonds is 9. The van der Waals surface area contributed by atoms with Gasteiger partial charge in [-0.25, -0.2) is 4.98 Å². The molecule has 1 unspecified atom stereocenters. The summed E-state index contributed by atoms with van der Waals surface area (Å²) in [5.41, 5.74) is 2.73. The van der Waals surface area contributed by atoms with E-state index in [-0.39, 0.29) is 5.82 Å². The van der Waals surface area contributed by atoms with Gasteiger partial charge in [-0.05, 0) is 24.6 Å². The predicted octanol–water partition coefficient (Wildman–Crippen LogP) is 4.62. The number of hydrogen-bond acceptors (Lipinski definition) is 7. The topological polar surface area (TPSA) is 85.0 Å².